The number of rotatable bonds is 2. The lowest BCUT2D eigenvalue weighted by Crippen LogP contribution is -2.33. The summed E-state index contributed by atoms with van der Waals surface area (Å²) in [4.78, 5) is -0.831. The number of nitrogens with one attached hydrogen (secondary N) is 1. The zero-order valence-electron chi connectivity index (χ0n) is 10.6. The van der Waals surface area contributed by atoms with E-state index in [4.69, 9.17) is 0 Å². The molecule has 0 unspecified atom stereocenters. The molecule has 0 radical (unpaired) electrons. The summed E-state index contributed by atoms with van der Waals surface area (Å²) in [6, 6.07) is 3.09. The summed E-state index contributed by atoms with van der Waals surface area (Å²) in [6.45, 7) is 2.18. The van der Waals surface area contributed by atoms with Gasteiger partial charge in [0, 0.05) is 13.1 Å². The van der Waals surface area contributed by atoms with Gasteiger partial charge in [-0.2, -0.15) is 4.31 Å². The number of benzene rings is 1. The number of hydrogen-bond acceptors (Lipinski definition) is 3. The van der Waals surface area contributed by atoms with Crippen molar-refractivity contribution in [3.05, 3.63) is 29.8 Å². The Kier molecular flexibility index (Phi) is 4.34. The molecular formula is C12H15ClF2N2O2S. The van der Waals surface area contributed by atoms with Crippen LogP contribution in [0.4, 0.5) is 8.78 Å². The molecule has 0 aromatic heterocycles. The SMILES string of the molecule is Cl.O=S(=O)(c1c(F)cccc1F)N1C[C@H]2CNC[C@H]2C1. The van der Waals surface area contributed by atoms with Gasteiger partial charge in [-0.05, 0) is 37.1 Å². The van der Waals surface area contributed by atoms with Gasteiger partial charge in [0.15, 0.2) is 4.90 Å². The van der Waals surface area contributed by atoms with Crippen LogP contribution in [0.2, 0.25) is 0 Å². The molecule has 0 saturated carbocycles. The van der Waals surface area contributed by atoms with Crippen molar-refractivity contribution in [1.29, 1.82) is 0 Å². The van der Waals surface area contributed by atoms with Crippen molar-refractivity contribution in [2.75, 3.05) is 26.2 Å². The number of fused-ring (bicyclic) bond motifs is 1. The van der Waals surface area contributed by atoms with Gasteiger partial charge in [-0.1, -0.05) is 6.07 Å². The molecule has 8 heteroatoms. The minimum absolute atomic E-state index is 0. The Balaban J connectivity index is 0.00000147. The summed E-state index contributed by atoms with van der Waals surface area (Å²) in [6.07, 6.45) is 0. The molecule has 1 N–H and O–H groups in total. The third-order valence-corrected chi connectivity index (χ3v) is 5.76. The fourth-order valence-corrected chi connectivity index (χ4v) is 4.53. The molecule has 1 aromatic rings. The quantitative estimate of drug-likeness (QED) is 0.890. The van der Waals surface area contributed by atoms with Gasteiger partial charge in [-0.25, -0.2) is 17.2 Å². The maximum absolute atomic E-state index is 13.6. The summed E-state index contributed by atoms with van der Waals surface area (Å²) >= 11 is 0. The van der Waals surface area contributed by atoms with Gasteiger partial charge in [0.05, 0.1) is 0 Å². The molecule has 3 rings (SSSR count). The van der Waals surface area contributed by atoms with E-state index in [9.17, 15) is 17.2 Å². The highest BCUT2D eigenvalue weighted by Gasteiger charge is 2.43. The lowest BCUT2D eigenvalue weighted by molar-refractivity contribution is 0.434. The van der Waals surface area contributed by atoms with E-state index in [2.05, 4.69) is 5.32 Å². The van der Waals surface area contributed by atoms with Gasteiger partial charge in [0.2, 0.25) is 10.0 Å². The highest BCUT2D eigenvalue weighted by molar-refractivity contribution is 7.89. The minimum atomic E-state index is -4.09. The lowest BCUT2D eigenvalue weighted by atomic mass is 10.0. The van der Waals surface area contributed by atoms with Crippen LogP contribution in [0.1, 0.15) is 0 Å². The molecule has 2 aliphatic rings. The maximum Gasteiger partial charge on any atom is 0.248 e. The summed E-state index contributed by atoms with van der Waals surface area (Å²) < 4.78 is 53.1. The van der Waals surface area contributed by atoms with Crippen molar-refractivity contribution in [1.82, 2.24) is 9.62 Å². The number of sulfonamides is 1. The molecule has 2 atom stereocenters. The Bertz CT molecular complexity index is 579. The molecule has 0 aliphatic carbocycles. The second-order valence-corrected chi connectivity index (χ2v) is 6.93. The Morgan fingerprint density at radius 2 is 1.60 bits per heavy atom. The smallest absolute Gasteiger partial charge is 0.248 e. The molecule has 2 heterocycles. The first-order valence-electron chi connectivity index (χ1n) is 6.15. The molecule has 2 saturated heterocycles. The summed E-state index contributed by atoms with van der Waals surface area (Å²) in [5.74, 6) is -1.58. The minimum Gasteiger partial charge on any atom is -0.316 e. The molecule has 1 aromatic carbocycles. The number of hydrogen-bond donors (Lipinski definition) is 1. The normalized spacial score (nSPS) is 26.3. The highest BCUT2D eigenvalue weighted by Crippen LogP contribution is 2.32. The molecule has 0 bridgehead atoms. The van der Waals surface area contributed by atoms with E-state index in [0.717, 1.165) is 31.3 Å². The molecule has 0 spiro atoms. The molecule has 2 aliphatic heterocycles. The van der Waals surface area contributed by atoms with Crippen LogP contribution in [0.15, 0.2) is 23.1 Å². The maximum atomic E-state index is 13.6. The fraction of sp³-hybridized carbons (Fsp3) is 0.500. The number of halogens is 3. The molecule has 2 fully saturated rings. The Morgan fingerprint density at radius 3 is 2.10 bits per heavy atom. The number of nitrogens with zero attached hydrogens (tertiary/aromatic N) is 1. The zero-order valence-corrected chi connectivity index (χ0v) is 12.2. The van der Waals surface area contributed by atoms with Gasteiger partial charge in [0.25, 0.3) is 0 Å². The van der Waals surface area contributed by atoms with Crippen LogP contribution in [-0.2, 0) is 10.0 Å². The summed E-state index contributed by atoms with van der Waals surface area (Å²) in [5.41, 5.74) is 0. The molecule has 0 amide bonds. The van der Waals surface area contributed by atoms with E-state index in [1.165, 1.54) is 4.31 Å². The molecule has 4 nitrogen and oxygen atoms in total. The molecule has 20 heavy (non-hydrogen) atoms. The molecular weight excluding hydrogens is 310 g/mol. The van der Waals surface area contributed by atoms with Crippen molar-refractivity contribution < 1.29 is 17.2 Å². The zero-order chi connectivity index (χ0) is 13.6. The first-order chi connectivity index (χ1) is 9.00. The second-order valence-electron chi connectivity index (χ2n) is 5.05. The lowest BCUT2D eigenvalue weighted by Gasteiger charge is -2.18. The Hall–Kier alpha value is -0.760. The van der Waals surface area contributed by atoms with Crippen LogP contribution >= 0.6 is 12.4 Å². The monoisotopic (exact) mass is 324 g/mol. The van der Waals surface area contributed by atoms with Gasteiger partial charge in [0.1, 0.15) is 11.6 Å². The van der Waals surface area contributed by atoms with Crippen LogP contribution < -0.4 is 5.32 Å². The third kappa shape index (κ3) is 2.43. The van der Waals surface area contributed by atoms with E-state index in [1.54, 1.807) is 0 Å². The summed E-state index contributed by atoms with van der Waals surface area (Å²) in [7, 11) is -4.09. The largest absolute Gasteiger partial charge is 0.316 e. The van der Waals surface area contributed by atoms with Crippen molar-refractivity contribution in [2.45, 2.75) is 4.90 Å². The van der Waals surface area contributed by atoms with Gasteiger partial charge >= 0.3 is 0 Å². The van der Waals surface area contributed by atoms with E-state index in [-0.39, 0.29) is 24.2 Å². The Morgan fingerprint density at radius 1 is 1.10 bits per heavy atom. The van der Waals surface area contributed by atoms with Crippen molar-refractivity contribution in [3.63, 3.8) is 0 Å². The van der Waals surface area contributed by atoms with Crippen molar-refractivity contribution in [2.24, 2.45) is 11.8 Å². The van der Waals surface area contributed by atoms with Gasteiger partial charge in [-0.3, -0.25) is 0 Å². The topological polar surface area (TPSA) is 49.4 Å². The first kappa shape index (κ1) is 15.6. The Labute approximate surface area is 122 Å². The molecule has 112 valence electrons. The standard InChI is InChI=1S/C12H14F2N2O2S.ClH/c13-10-2-1-3-11(14)12(10)19(17,18)16-6-8-4-15-5-9(8)7-16;/h1-3,8-9,15H,4-7H2;1H/t8-,9+;. The average Bonchev–Trinajstić information content (AvgIpc) is 2.87. The fourth-order valence-electron chi connectivity index (χ4n) is 2.87. The third-order valence-electron chi connectivity index (χ3n) is 3.87. The van der Waals surface area contributed by atoms with E-state index in [1.807, 2.05) is 0 Å². The van der Waals surface area contributed by atoms with E-state index < -0.39 is 26.6 Å². The first-order valence-corrected chi connectivity index (χ1v) is 7.59. The predicted octanol–water partition coefficient (Wildman–Crippen LogP) is 1.23. The van der Waals surface area contributed by atoms with E-state index in [0.29, 0.717) is 13.1 Å². The van der Waals surface area contributed by atoms with Crippen LogP contribution in [0, 0.1) is 23.5 Å². The van der Waals surface area contributed by atoms with Gasteiger partial charge in [-0.15, -0.1) is 12.4 Å². The predicted molar refractivity (Wildman–Crippen MR) is 72.2 cm³/mol. The van der Waals surface area contributed by atoms with Gasteiger partial charge < -0.3 is 5.32 Å². The van der Waals surface area contributed by atoms with Crippen LogP contribution in [0.5, 0.6) is 0 Å². The summed E-state index contributed by atoms with van der Waals surface area (Å²) in [5, 5.41) is 3.19. The van der Waals surface area contributed by atoms with Crippen LogP contribution in [-0.4, -0.2) is 38.9 Å². The van der Waals surface area contributed by atoms with Crippen LogP contribution in [0.3, 0.4) is 0 Å². The highest BCUT2D eigenvalue weighted by atomic mass is 35.5. The van der Waals surface area contributed by atoms with Crippen LogP contribution in [0.25, 0.3) is 0 Å². The average molecular weight is 325 g/mol. The second kappa shape index (κ2) is 5.55. The van der Waals surface area contributed by atoms with Crippen molar-refractivity contribution >= 4 is 22.4 Å². The van der Waals surface area contributed by atoms with E-state index >= 15 is 0 Å². The van der Waals surface area contributed by atoms with Crippen molar-refractivity contribution in [3.8, 4) is 0 Å².